The maximum atomic E-state index is 12.6. The average Bonchev–Trinajstić information content (AvgIpc) is 3.02. The number of halogens is 3. The number of alkyl halides is 3. The molecule has 0 aliphatic heterocycles. The lowest BCUT2D eigenvalue weighted by Gasteiger charge is -2.29. The Morgan fingerprint density at radius 2 is 2.04 bits per heavy atom. The number of fused-ring (bicyclic) bond motifs is 1. The number of nitrogens with zero attached hydrogens (tertiary/aromatic N) is 1. The van der Waals surface area contributed by atoms with Crippen LogP contribution in [-0.4, -0.2) is 38.5 Å². The highest BCUT2D eigenvalue weighted by Crippen LogP contribution is 2.30. The minimum Gasteiger partial charge on any atom is -0.361 e. The number of para-hydroxylation sites is 1. The quantitative estimate of drug-likeness (QED) is 0.737. The van der Waals surface area contributed by atoms with Gasteiger partial charge in [-0.2, -0.15) is 0 Å². The third-order valence-electron chi connectivity index (χ3n) is 4.63. The van der Waals surface area contributed by atoms with Gasteiger partial charge in [0.15, 0.2) is 5.78 Å². The lowest BCUT2D eigenvalue weighted by molar-refractivity contribution is -0.130. The molecule has 7 heteroatoms. The molecular weight excluding hydrogens is 395 g/mol. The molecule has 26 heavy (non-hydrogen) atoms. The highest BCUT2D eigenvalue weighted by molar-refractivity contribution is 6.76. The van der Waals surface area contributed by atoms with Gasteiger partial charge >= 0.3 is 0 Å². The minimum atomic E-state index is -1.99. The van der Waals surface area contributed by atoms with E-state index in [9.17, 15) is 9.59 Å². The molecule has 0 fully saturated rings. The topological polar surface area (TPSA) is 53.2 Å². The number of aromatic amines is 1. The Kier molecular flexibility index (Phi) is 5.96. The van der Waals surface area contributed by atoms with Crippen molar-refractivity contribution in [3.05, 3.63) is 48.2 Å². The van der Waals surface area contributed by atoms with Crippen molar-refractivity contribution < 1.29 is 9.59 Å². The number of rotatable bonds is 5. The number of H-pyrrole nitrogens is 1. The number of amides is 1. The molecule has 1 N–H and O–H groups in total. The van der Waals surface area contributed by atoms with E-state index in [1.54, 1.807) is 11.0 Å². The molecular formula is C19H19Cl3N2O2. The molecule has 0 saturated carbocycles. The number of allylic oxidation sites excluding steroid dienone is 1. The number of carbonyl (C=O) groups excluding carboxylic acids is 2. The van der Waals surface area contributed by atoms with Gasteiger partial charge in [0, 0.05) is 36.6 Å². The van der Waals surface area contributed by atoms with Crippen LogP contribution >= 0.6 is 34.8 Å². The molecule has 4 nitrogen and oxygen atoms in total. The van der Waals surface area contributed by atoms with Crippen molar-refractivity contribution in [2.75, 3.05) is 13.1 Å². The molecule has 0 bridgehead atoms. The summed E-state index contributed by atoms with van der Waals surface area (Å²) in [5.41, 5.74) is 2.16. The summed E-state index contributed by atoms with van der Waals surface area (Å²) in [6, 6.07) is 8.00. The van der Waals surface area contributed by atoms with Crippen molar-refractivity contribution in [1.82, 2.24) is 9.88 Å². The van der Waals surface area contributed by atoms with Gasteiger partial charge in [-0.15, -0.1) is 0 Å². The molecule has 1 aromatic carbocycles. The van der Waals surface area contributed by atoms with Gasteiger partial charge < -0.3 is 9.88 Å². The summed E-state index contributed by atoms with van der Waals surface area (Å²) in [7, 11) is 0. The fourth-order valence-corrected chi connectivity index (χ4v) is 3.59. The van der Waals surface area contributed by atoms with Crippen LogP contribution in [0.4, 0.5) is 0 Å². The second-order valence-electron chi connectivity index (χ2n) is 6.48. The first-order valence-electron chi connectivity index (χ1n) is 8.46. The Morgan fingerprint density at radius 1 is 1.27 bits per heavy atom. The van der Waals surface area contributed by atoms with E-state index in [0.717, 1.165) is 16.5 Å². The van der Waals surface area contributed by atoms with Crippen LogP contribution in [0, 0.1) is 5.92 Å². The van der Waals surface area contributed by atoms with Crippen LogP contribution < -0.4 is 0 Å². The Morgan fingerprint density at radius 3 is 2.73 bits per heavy atom. The summed E-state index contributed by atoms with van der Waals surface area (Å²) >= 11 is 17.5. The zero-order chi connectivity index (χ0) is 18.7. The van der Waals surface area contributed by atoms with E-state index in [1.165, 1.54) is 0 Å². The number of ketones is 1. The SMILES string of the molecule is O=C1C=CC(CN(CCc2c[nH]c3ccccc23)C(=O)C(Cl)(Cl)Cl)CC1. The van der Waals surface area contributed by atoms with Gasteiger partial charge in [-0.05, 0) is 36.5 Å². The molecule has 1 unspecified atom stereocenters. The third kappa shape index (κ3) is 4.61. The van der Waals surface area contributed by atoms with Gasteiger partial charge in [-0.25, -0.2) is 0 Å². The van der Waals surface area contributed by atoms with E-state index in [1.807, 2.05) is 36.5 Å². The van der Waals surface area contributed by atoms with Crippen LogP contribution in [0.25, 0.3) is 10.9 Å². The van der Waals surface area contributed by atoms with E-state index >= 15 is 0 Å². The Bertz CT molecular complexity index is 839. The highest BCUT2D eigenvalue weighted by Gasteiger charge is 2.36. The van der Waals surface area contributed by atoms with Gasteiger partial charge in [-0.3, -0.25) is 9.59 Å². The van der Waals surface area contributed by atoms with Crippen LogP contribution in [0.3, 0.4) is 0 Å². The summed E-state index contributed by atoms with van der Waals surface area (Å²) in [5.74, 6) is -0.334. The maximum absolute atomic E-state index is 12.6. The molecule has 1 amide bonds. The molecule has 138 valence electrons. The predicted molar refractivity (Wildman–Crippen MR) is 106 cm³/mol. The first kappa shape index (κ1) is 19.3. The average molecular weight is 414 g/mol. The molecule has 0 saturated heterocycles. The molecule has 0 radical (unpaired) electrons. The van der Waals surface area contributed by atoms with E-state index in [-0.39, 0.29) is 11.7 Å². The number of hydrogen-bond donors (Lipinski definition) is 1. The molecule has 3 rings (SSSR count). The second kappa shape index (κ2) is 8.03. The van der Waals surface area contributed by atoms with Crippen molar-refractivity contribution in [3.63, 3.8) is 0 Å². The molecule has 1 aliphatic carbocycles. The van der Waals surface area contributed by atoms with Crippen molar-refractivity contribution in [2.24, 2.45) is 5.92 Å². The van der Waals surface area contributed by atoms with Gasteiger partial charge in [0.2, 0.25) is 0 Å². The van der Waals surface area contributed by atoms with Crippen LogP contribution in [-0.2, 0) is 16.0 Å². The normalized spacial score (nSPS) is 17.7. The summed E-state index contributed by atoms with van der Waals surface area (Å²) in [4.78, 5) is 28.7. The van der Waals surface area contributed by atoms with E-state index in [4.69, 9.17) is 34.8 Å². The second-order valence-corrected chi connectivity index (χ2v) is 8.76. The summed E-state index contributed by atoms with van der Waals surface area (Å²) in [6.07, 6.45) is 7.20. The summed E-state index contributed by atoms with van der Waals surface area (Å²) in [5, 5.41) is 1.12. The van der Waals surface area contributed by atoms with Crippen molar-refractivity contribution in [3.8, 4) is 0 Å². The van der Waals surface area contributed by atoms with E-state index < -0.39 is 9.70 Å². The first-order valence-corrected chi connectivity index (χ1v) is 9.60. The van der Waals surface area contributed by atoms with Crippen LogP contribution in [0.5, 0.6) is 0 Å². The summed E-state index contributed by atoms with van der Waals surface area (Å²) in [6.45, 7) is 0.867. The number of benzene rings is 1. The fourth-order valence-electron chi connectivity index (χ4n) is 3.23. The maximum Gasteiger partial charge on any atom is 0.274 e. The highest BCUT2D eigenvalue weighted by atomic mass is 35.6. The molecule has 1 heterocycles. The Labute approximate surface area is 167 Å². The van der Waals surface area contributed by atoms with E-state index in [2.05, 4.69) is 4.98 Å². The lowest BCUT2D eigenvalue weighted by Crippen LogP contribution is -2.43. The Balaban J connectivity index is 1.74. The standard InChI is InChI=1S/C19H19Cl3N2O2/c20-19(21,22)18(26)24(12-13-5-7-15(25)8-6-13)10-9-14-11-23-17-4-2-1-3-16(14)17/h1-5,7,11,13,23H,6,8-10,12H2. The Hall–Kier alpha value is -1.49. The zero-order valence-electron chi connectivity index (χ0n) is 14.1. The third-order valence-corrected chi connectivity index (χ3v) is 5.11. The lowest BCUT2D eigenvalue weighted by atomic mass is 9.94. The molecule has 2 aromatic rings. The van der Waals surface area contributed by atoms with Gasteiger partial charge in [-0.1, -0.05) is 59.1 Å². The van der Waals surface area contributed by atoms with E-state index in [0.29, 0.717) is 32.4 Å². The first-order chi connectivity index (χ1) is 12.3. The largest absolute Gasteiger partial charge is 0.361 e. The molecule has 1 aliphatic rings. The molecule has 1 aromatic heterocycles. The molecule has 1 atom stereocenters. The van der Waals surface area contributed by atoms with Crippen molar-refractivity contribution in [1.29, 1.82) is 0 Å². The van der Waals surface area contributed by atoms with Gasteiger partial charge in [0.25, 0.3) is 9.70 Å². The number of aromatic nitrogens is 1. The fraction of sp³-hybridized carbons (Fsp3) is 0.368. The number of nitrogens with one attached hydrogen (secondary N) is 1. The molecule has 0 spiro atoms. The zero-order valence-corrected chi connectivity index (χ0v) is 16.3. The van der Waals surface area contributed by atoms with Crippen LogP contribution in [0.2, 0.25) is 0 Å². The van der Waals surface area contributed by atoms with Crippen LogP contribution in [0.1, 0.15) is 18.4 Å². The van der Waals surface area contributed by atoms with Crippen molar-refractivity contribution in [2.45, 2.75) is 23.1 Å². The van der Waals surface area contributed by atoms with Crippen LogP contribution in [0.15, 0.2) is 42.6 Å². The summed E-state index contributed by atoms with van der Waals surface area (Å²) < 4.78 is -1.99. The number of carbonyl (C=O) groups is 2. The van der Waals surface area contributed by atoms with Gasteiger partial charge in [0.1, 0.15) is 0 Å². The van der Waals surface area contributed by atoms with Gasteiger partial charge in [0.05, 0.1) is 0 Å². The monoisotopic (exact) mass is 412 g/mol. The smallest absolute Gasteiger partial charge is 0.274 e. The predicted octanol–water partition coefficient (Wildman–Crippen LogP) is 4.44. The number of hydrogen-bond acceptors (Lipinski definition) is 2. The van der Waals surface area contributed by atoms with Crippen molar-refractivity contribution >= 4 is 57.4 Å². The minimum absolute atomic E-state index is 0.0898.